The molecule has 0 saturated heterocycles. The summed E-state index contributed by atoms with van der Waals surface area (Å²) in [4.78, 5) is 2.48. The normalized spacial score (nSPS) is 11.5. The molecule has 0 aliphatic heterocycles. The van der Waals surface area contributed by atoms with Gasteiger partial charge in [0, 0.05) is 16.8 Å². The average Bonchev–Trinajstić information content (AvgIpc) is 3.37. The molecule has 12 rings (SSSR count). The molecule has 0 radical (unpaired) electrons. The average molecular weight is 800 g/mol. The molecule has 0 aliphatic carbocycles. The predicted molar refractivity (Wildman–Crippen MR) is 270 cm³/mol. The third-order valence-corrected chi connectivity index (χ3v) is 12.8. The second-order valence-corrected chi connectivity index (χ2v) is 16.4. The number of hydrogen-bond acceptors (Lipinski definition) is 1. The maximum atomic E-state index is 2.48. The molecule has 0 fully saturated rings. The third-order valence-electron chi connectivity index (χ3n) is 12.8. The van der Waals surface area contributed by atoms with Gasteiger partial charge >= 0.3 is 0 Å². The zero-order chi connectivity index (χ0) is 41.7. The molecule has 0 amide bonds. The van der Waals surface area contributed by atoms with Crippen LogP contribution in [0, 0.1) is 0 Å². The molecule has 0 saturated carbocycles. The first-order valence-corrected chi connectivity index (χ1v) is 21.8. The van der Waals surface area contributed by atoms with Gasteiger partial charge in [0.15, 0.2) is 0 Å². The van der Waals surface area contributed by atoms with Gasteiger partial charge in [-0.1, -0.05) is 212 Å². The minimum absolute atomic E-state index is 1.10. The molecule has 0 heterocycles. The zero-order valence-electron chi connectivity index (χ0n) is 34.6. The molecule has 294 valence electrons. The van der Waals surface area contributed by atoms with E-state index in [1.165, 1.54) is 98.4 Å². The molecule has 0 atom stereocenters. The Bertz CT molecular complexity index is 3650. The van der Waals surface area contributed by atoms with Crippen molar-refractivity contribution in [3.05, 3.63) is 249 Å². The molecule has 0 spiro atoms. The number of nitrogens with zero attached hydrogens (tertiary/aromatic N) is 1. The number of anilines is 3. The molecule has 0 aliphatic rings. The van der Waals surface area contributed by atoms with E-state index in [0.29, 0.717) is 0 Å². The smallest absolute Gasteiger partial charge is 0.0546 e. The van der Waals surface area contributed by atoms with E-state index in [2.05, 4.69) is 254 Å². The molecular formula is C62H41N. The largest absolute Gasteiger partial charge is 0.310 e. The number of rotatable bonds is 7. The summed E-state index contributed by atoms with van der Waals surface area (Å²) in [5.74, 6) is 0. The number of hydrogen-bond donors (Lipinski definition) is 0. The molecule has 0 bridgehead atoms. The summed E-state index contributed by atoms with van der Waals surface area (Å²) in [5, 5.41) is 12.3. The Balaban J connectivity index is 1.22. The van der Waals surface area contributed by atoms with Crippen LogP contribution < -0.4 is 4.90 Å². The molecular weight excluding hydrogens is 759 g/mol. The minimum Gasteiger partial charge on any atom is -0.310 e. The fourth-order valence-electron chi connectivity index (χ4n) is 9.98. The van der Waals surface area contributed by atoms with Crippen molar-refractivity contribution in [3.63, 3.8) is 0 Å². The molecule has 12 aromatic rings. The summed E-state index contributed by atoms with van der Waals surface area (Å²) in [6, 6.07) is 91.2. The van der Waals surface area contributed by atoms with Crippen molar-refractivity contribution < 1.29 is 0 Å². The number of fused-ring (bicyclic) bond motifs is 9. The van der Waals surface area contributed by atoms with Crippen LogP contribution in [0.3, 0.4) is 0 Å². The van der Waals surface area contributed by atoms with Crippen molar-refractivity contribution in [3.8, 4) is 44.5 Å². The summed E-state index contributed by atoms with van der Waals surface area (Å²) in [5.41, 5.74) is 13.0. The molecule has 0 N–H and O–H groups in total. The molecule has 0 aromatic heterocycles. The highest BCUT2D eigenvalue weighted by molar-refractivity contribution is 6.33. The molecule has 12 aromatic carbocycles. The van der Waals surface area contributed by atoms with E-state index < -0.39 is 0 Å². The second kappa shape index (κ2) is 15.3. The van der Waals surface area contributed by atoms with E-state index in [1.807, 2.05) is 0 Å². The quantitative estimate of drug-likeness (QED) is 0.145. The Hall–Kier alpha value is -8.26. The lowest BCUT2D eigenvalue weighted by atomic mass is 9.81. The van der Waals surface area contributed by atoms with Crippen LogP contribution in [0.5, 0.6) is 0 Å². The minimum atomic E-state index is 1.10. The summed E-state index contributed by atoms with van der Waals surface area (Å²) >= 11 is 0. The fraction of sp³-hybridized carbons (Fsp3) is 0. The SMILES string of the molecule is c1ccc(-c2cccc(N(c3ccc4c(c3)c3ccccc3c3c(-c5ccccc5)cc(-c5ccccc5)c(-c5ccccc5)c43)c3cc4ccccc4c4ccccc34)c2)cc1. The van der Waals surface area contributed by atoms with Crippen LogP contribution in [-0.2, 0) is 0 Å². The van der Waals surface area contributed by atoms with E-state index in [-0.39, 0.29) is 0 Å². The van der Waals surface area contributed by atoms with E-state index in [0.717, 1.165) is 17.1 Å². The molecule has 1 heteroatoms. The highest BCUT2D eigenvalue weighted by Gasteiger charge is 2.24. The Morgan fingerprint density at radius 2 is 0.730 bits per heavy atom. The summed E-state index contributed by atoms with van der Waals surface area (Å²) in [6.07, 6.45) is 0. The monoisotopic (exact) mass is 799 g/mol. The first-order valence-electron chi connectivity index (χ1n) is 21.8. The molecule has 1 nitrogen and oxygen atoms in total. The maximum Gasteiger partial charge on any atom is 0.0546 e. The van der Waals surface area contributed by atoms with Crippen molar-refractivity contribution >= 4 is 70.9 Å². The van der Waals surface area contributed by atoms with Gasteiger partial charge in [-0.2, -0.15) is 0 Å². The Kier molecular flexibility index (Phi) is 8.90. The van der Waals surface area contributed by atoms with Crippen LogP contribution in [0.2, 0.25) is 0 Å². The number of benzene rings is 12. The van der Waals surface area contributed by atoms with Gasteiger partial charge in [0.2, 0.25) is 0 Å². The van der Waals surface area contributed by atoms with Gasteiger partial charge in [0.1, 0.15) is 0 Å². The van der Waals surface area contributed by atoms with E-state index >= 15 is 0 Å². The van der Waals surface area contributed by atoms with E-state index in [1.54, 1.807) is 0 Å². The van der Waals surface area contributed by atoms with Gasteiger partial charge in [-0.05, 0) is 129 Å². The van der Waals surface area contributed by atoms with Crippen LogP contribution in [0.4, 0.5) is 17.1 Å². The first kappa shape index (κ1) is 36.6. The van der Waals surface area contributed by atoms with Gasteiger partial charge in [-0.15, -0.1) is 0 Å². The van der Waals surface area contributed by atoms with Crippen molar-refractivity contribution in [2.75, 3.05) is 4.90 Å². The van der Waals surface area contributed by atoms with E-state index in [4.69, 9.17) is 0 Å². The second-order valence-electron chi connectivity index (χ2n) is 16.4. The van der Waals surface area contributed by atoms with Crippen molar-refractivity contribution in [2.24, 2.45) is 0 Å². The van der Waals surface area contributed by atoms with Gasteiger partial charge < -0.3 is 4.90 Å². The summed E-state index contributed by atoms with van der Waals surface area (Å²) in [7, 11) is 0. The standard InChI is InChI=1S/C62H41N/c1-5-20-42(21-6-1)46-29-19-30-48(38-46)63(59-39-47-28-13-14-31-50(47)51-32-15-17-34-53(51)59)49-36-37-55-58(40-49)52-33-16-18-35-54(52)61-57(44-24-9-3-10-25-44)41-56(43-22-7-2-8-23-43)60(62(55)61)45-26-11-4-12-27-45/h1-41H. The highest BCUT2D eigenvalue weighted by Crippen LogP contribution is 2.51. The predicted octanol–water partition coefficient (Wildman–Crippen LogP) is 17.6. The van der Waals surface area contributed by atoms with Gasteiger partial charge in [0.05, 0.1) is 5.69 Å². The topological polar surface area (TPSA) is 3.24 Å². The third kappa shape index (κ3) is 6.25. The lowest BCUT2D eigenvalue weighted by molar-refractivity contribution is 1.31. The van der Waals surface area contributed by atoms with Crippen molar-refractivity contribution in [1.82, 2.24) is 0 Å². The zero-order valence-corrected chi connectivity index (χ0v) is 34.6. The maximum absolute atomic E-state index is 2.48. The van der Waals surface area contributed by atoms with Crippen LogP contribution >= 0.6 is 0 Å². The Labute approximate surface area is 367 Å². The van der Waals surface area contributed by atoms with Crippen molar-refractivity contribution in [2.45, 2.75) is 0 Å². The van der Waals surface area contributed by atoms with Crippen LogP contribution in [-0.4, -0.2) is 0 Å². The van der Waals surface area contributed by atoms with Crippen LogP contribution in [0.25, 0.3) is 98.4 Å². The van der Waals surface area contributed by atoms with Gasteiger partial charge in [-0.3, -0.25) is 0 Å². The first-order chi connectivity index (χ1) is 31.3. The van der Waals surface area contributed by atoms with E-state index in [9.17, 15) is 0 Å². The Morgan fingerprint density at radius 1 is 0.238 bits per heavy atom. The summed E-state index contributed by atoms with van der Waals surface area (Å²) < 4.78 is 0. The van der Waals surface area contributed by atoms with Crippen LogP contribution in [0.1, 0.15) is 0 Å². The summed E-state index contributed by atoms with van der Waals surface area (Å²) in [6.45, 7) is 0. The molecule has 0 unspecified atom stereocenters. The van der Waals surface area contributed by atoms with Gasteiger partial charge in [-0.25, -0.2) is 0 Å². The fourth-order valence-corrected chi connectivity index (χ4v) is 9.98. The molecule has 63 heavy (non-hydrogen) atoms. The highest BCUT2D eigenvalue weighted by atomic mass is 15.1. The lowest BCUT2D eigenvalue weighted by Crippen LogP contribution is -2.11. The van der Waals surface area contributed by atoms with Crippen molar-refractivity contribution in [1.29, 1.82) is 0 Å². The Morgan fingerprint density at radius 3 is 1.41 bits per heavy atom. The lowest BCUT2D eigenvalue weighted by Gasteiger charge is -2.29. The van der Waals surface area contributed by atoms with Crippen LogP contribution in [0.15, 0.2) is 249 Å². The van der Waals surface area contributed by atoms with Gasteiger partial charge in [0.25, 0.3) is 0 Å².